The van der Waals surface area contributed by atoms with Crippen molar-refractivity contribution in [1.29, 1.82) is 0 Å². The number of aryl methyl sites for hydroxylation is 1. The van der Waals surface area contributed by atoms with Crippen molar-refractivity contribution in [3.05, 3.63) is 316 Å². The topological polar surface area (TPSA) is 12.0 Å². The van der Waals surface area contributed by atoms with Crippen LogP contribution in [0.2, 0.25) is 0 Å². The molecule has 0 unspecified atom stereocenters. The Bertz CT molecular complexity index is 3970. The Labute approximate surface area is 479 Å². The first-order valence-corrected chi connectivity index (χ1v) is 29.9. The lowest BCUT2D eigenvalue weighted by Crippen LogP contribution is -2.44. The van der Waals surface area contributed by atoms with E-state index in [1.54, 1.807) is 0 Å². The highest BCUT2D eigenvalue weighted by molar-refractivity contribution is 7.26. The highest BCUT2D eigenvalue weighted by Crippen LogP contribution is 2.68. The smallest absolute Gasteiger partial charge is 0.0723 e. The second-order valence-corrected chi connectivity index (χ2v) is 22.4. The van der Waals surface area contributed by atoms with Crippen molar-refractivity contribution in [3.8, 4) is 22.3 Å². The zero-order chi connectivity index (χ0) is 55.1. The average molecular weight is 1060 g/mol. The first-order valence-electron chi connectivity index (χ1n) is 29.1. The summed E-state index contributed by atoms with van der Waals surface area (Å²) in [6.45, 7) is 12.0. The summed E-state index contributed by atoms with van der Waals surface area (Å²) in [5.74, 6) is 0. The molecule has 0 fully saturated rings. The third kappa shape index (κ3) is 9.29. The van der Waals surface area contributed by atoms with E-state index in [1.807, 2.05) is 36.6 Å². The summed E-state index contributed by atoms with van der Waals surface area (Å²) in [6, 6.07) is 91.6. The number of hydrogen-bond donors (Lipinski definition) is 1. The van der Waals surface area contributed by atoms with Crippen LogP contribution in [0.15, 0.2) is 255 Å². The molecule has 10 aromatic carbocycles. The number of thiophene rings is 1. The minimum atomic E-state index is -0.438. The van der Waals surface area contributed by atoms with Gasteiger partial charge in [0.2, 0.25) is 0 Å². The van der Waals surface area contributed by atoms with E-state index in [0.717, 1.165) is 19.4 Å². The van der Waals surface area contributed by atoms with E-state index in [9.17, 15) is 0 Å². The normalized spacial score (nSPS) is 13.2. The number of hydrogen-bond acceptors (Lipinski definition) is 2. The molecule has 3 aliphatic carbocycles. The molecule has 0 bridgehead atoms. The molecule has 80 heavy (non-hydrogen) atoms. The van der Waals surface area contributed by atoms with Crippen LogP contribution in [-0.2, 0) is 23.8 Å². The molecule has 0 amide bonds. The quantitative estimate of drug-likeness (QED) is 0.168. The fraction of sp³-hybridized carbons (Fsp3) is 0.179. The van der Waals surface area contributed by atoms with Gasteiger partial charge in [0.05, 0.1) is 10.8 Å². The predicted molar refractivity (Wildman–Crippen MR) is 347 cm³/mol. The molecule has 396 valence electrons. The van der Waals surface area contributed by atoms with Crippen molar-refractivity contribution in [2.24, 2.45) is 0 Å². The molecule has 0 saturated heterocycles. The number of rotatable bonds is 7. The van der Waals surface area contributed by atoms with E-state index in [2.05, 4.69) is 277 Å². The van der Waals surface area contributed by atoms with Gasteiger partial charge in [-0.3, -0.25) is 0 Å². The maximum atomic E-state index is 3.18. The first-order chi connectivity index (χ1) is 39.5. The van der Waals surface area contributed by atoms with Crippen LogP contribution in [0.1, 0.15) is 121 Å². The molecule has 1 nitrogen and oxygen atoms in total. The lowest BCUT2D eigenvalue weighted by Gasteiger charge is -2.49. The summed E-state index contributed by atoms with van der Waals surface area (Å²) in [5.41, 5.74) is 21.4. The van der Waals surface area contributed by atoms with Gasteiger partial charge in [-0.1, -0.05) is 296 Å². The van der Waals surface area contributed by atoms with Crippen molar-refractivity contribution in [3.63, 3.8) is 0 Å². The molecule has 14 rings (SSSR count). The minimum absolute atomic E-state index is 0.405. The van der Waals surface area contributed by atoms with Crippen LogP contribution in [0, 0.1) is 0 Å². The Morgan fingerprint density at radius 1 is 0.412 bits per heavy atom. The van der Waals surface area contributed by atoms with E-state index in [1.165, 1.54) is 139 Å². The monoisotopic (exact) mass is 1060 g/mol. The van der Waals surface area contributed by atoms with E-state index in [4.69, 9.17) is 0 Å². The van der Waals surface area contributed by atoms with Gasteiger partial charge in [0, 0.05) is 32.3 Å². The summed E-state index contributed by atoms with van der Waals surface area (Å²) in [7, 11) is 1.97. The second kappa shape index (κ2) is 24.1. The van der Waals surface area contributed by atoms with Crippen LogP contribution < -0.4 is 5.32 Å². The van der Waals surface area contributed by atoms with Gasteiger partial charge in [0.25, 0.3) is 0 Å². The Morgan fingerprint density at radius 3 is 1.50 bits per heavy atom. The van der Waals surface area contributed by atoms with Crippen LogP contribution in [-0.4, -0.2) is 7.05 Å². The molecule has 1 aromatic heterocycles. The zero-order valence-electron chi connectivity index (χ0n) is 47.4. The number of allylic oxidation sites excluding steroid dienone is 2. The van der Waals surface area contributed by atoms with Crippen LogP contribution in [0.25, 0.3) is 58.8 Å². The maximum absolute atomic E-state index is 3.18. The third-order valence-electron chi connectivity index (χ3n) is 16.7. The zero-order valence-corrected chi connectivity index (χ0v) is 48.2. The van der Waals surface area contributed by atoms with Crippen molar-refractivity contribution < 1.29 is 0 Å². The molecule has 2 spiro atoms. The standard InChI is InChI=1S/C46H30S.C16H20.C12H13N.C4H10/c1-2-28-14-13-18-33-42-40(27-26-32-31-17-5-12-25-41(31)47-44(32)42)46(43(28)33)38-23-10-8-21-36(38)45(37-22-9-11-24-39(37)46)34-19-6-3-15-29(34)30-16-4-7-20-35(30)45;1-3-4-12-15(2)16-13-10-8-6-5-7-9-11-14-16;1-13-9-11-7-4-6-10-5-2-3-8-12(10)11;1-3-4-2/h3-27H,2H2,1H3;5-14H,3-4H2,1-2H3;2-8,13H,9H2,1H3;3-4H2,1-2H3/b;6-5?,7-5?,8-6?,9-7?,10-8?,11-9?,13-10?,14-11?,15-12-,16-13?,16-14?;;. The van der Waals surface area contributed by atoms with Crippen molar-refractivity contribution >= 4 is 47.9 Å². The fourth-order valence-electron chi connectivity index (χ4n) is 13.1. The Hall–Kier alpha value is -8.14. The summed E-state index contributed by atoms with van der Waals surface area (Å²) in [5, 5.41) is 8.55. The van der Waals surface area contributed by atoms with E-state index < -0.39 is 10.8 Å². The van der Waals surface area contributed by atoms with Gasteiger partial charge < -0.3 is 5.32 Å². The highest BCUT2D eigenvalue weighted by atomic mass is 32.1. The molecular formula is C78H73NS. The molecule has 2 heteroatoms. The molecule has 0 aliphatic heterocycles. The maximum Gasteiger partial charge on any atom is 0.0723 e. The molecule has 0 radical (unpaired) electrons. The molecule has 1 heterocycles. The summed E-state index contributed by atoms with van der Waals surface area (Å²) >= 11 is 1.95. The van der Waals surface area contributed by atoms with Gasteiger partial charge in [-0.2, -0.15) is 0 Å². The SMILES string of the molecule is CCC/C=C(/C)c1ccccccccc1.CCCC.CCc1cccc2c1C1(c3ccccc3C3(c4ccccc4-c4ccccc43)c3ccccc31)c1ccc3c(sc4ccccc43)c1-2.CNCc1cccc2ccccc12. The molecule has 0 atom stereocenters. The number of benzene rings is 9. The predicted octanol–water partition coefficient (Wildman–Crippen LogP) is 21.0. The van der Waals surface area contributed by atoms with Gasteiger partial charge >= 0.3 is 0 Å². The van der Waals surface area contributed by atoms with E-state index >= 15 is 0 Å². The Balaban J connectivity index is 0.000000167. The first kappa shape index (κ1) is 53.8. The average Bonchev–Trinajstić information content (AvgIpc) is 4.12. The number of nitrogens with one attached hydrogen (secondary N) is 1. The molecule has 0 saturated carbocycles. The van der Waals surface area contributed by atoms with Crippen molar-refractivity contribution in [1.82, 2.24) is 5.32 Å². The van der Waals surface area contributed by atoms with Crippen LogP contribution in [0.3, 0.4) is 0 Å². The van der Waals surface area contributed by atoms with Gasteiger partial charge in [-0.25, -0.2) is 0 Å². The molecular weight excluding hydrogens is 983 g/mol. The molecule has 11 aromatic rings. The van der Waals surface area contributed by atoms with Crippen LogP contribution in [0.5, 0.6) is 0 Å². The molecule has 3 aliphatic rings. The highest BCUT2D eigenvalue weighted by Gasteiger charge is 2.59. The second-order valence-electron chi connectivity index (χ2n) is 21.3. The van der Waals surface area contributed by atoms with Gasteiger partial charge in [-0.05, 0) is 127 Å². The number of fused-ring (bicyclic) bond motifs is 21. The van der Waals surface area contributed by atoms with Gasteiger partial charge in [0.1, 0.15) is 0 Å². The Morgan fingerprint density at radius 2 is 0.900 bits per heavy atom. The van der Waals surface area contributed by atoms with E-state index in [-0.39, 0.29) is 0 Å². The lowest BCUT2D eigenvalue weighted by molar-refractivity contribution is 0.629. The van der Waals surface area contributed by atoms with Gasteiger partial charge in [0.15, 0.2) is 0 Å². The van der Waals surface area contributed by atoms with Gasteiger partial charge in [-0.15, -0.1) is 11.3 Å². The van der Waals surface area contributed by atoms with Crippen molar-refractivity contribution in [2.45, 2.75) is 84.1 Å². The minimum Gasteiger partial charge on any atom is -0.316 e. The summed E-state index contributed by atoms with van der Waals surface area (Å²) in [4.78, 5) is 0. The molecule has 1 N–H and O–H groups in total. The van der Waals surface area contributed by atoms with Crippen LogP contribution >= 0.6 is 11.3 Å². The van der Waals surface area contributed by atoms with E-state index in [0.29, 0.717) is 0 Å². The lowest BCUT2D eigenvalue weighted by atomic mass is 9.52. The fourth-order valence-corrected chi connectivity index (χ4v) is 14.3. The summed E-state index contributed by atoms with van der Waals surface area (Å²) < 4.78 is 2.76. The summed E-state index contributed by atoms with van der Waals surface area (Å²) in [6.07, 6.45) is 8.27. The van der Waals surface area contributed by atoms with Crippen molar-refractivity contribution in [2.75, 3.05) is 7.05 Å². The number of unbranched alkanes of at least 4 members (excludes halogenated alkanes) is 2. The van der Waals surface area contributed by atoms with Crippen LogP contribution in [0.4, 0.5) is 0 Å². The Kier molecular flexibility index (Phi) is 16.2. The third-order valence-corrected chi connectivity index (χ3v) is 17.9. The largest absolute Gasteiger partial charge is 0.316 e.